The summed E-state index contributed by atoms with van der Waals surface area (Å²) in [6.45, 7) is 0.409. The minimum absolute atomic E-state index is 0.00215. The van der Waals surface area contributed by atoms with E-state index in [2.05, 4.69) is 4.74 Å². The third-order valence-corrected chi connectivity index (χ3v) is 5.58. The molecule has 2 aromatic rings. The normalized spacial score (nSPS) is 25.7. The molecule has 2 bridgehead atoms. The van der Waals surface area contributed by atoms with Crippen molar-refractivity contribution in [2.75, 3.05) is 13.2 Å². The highest BCUT2D eigenvalue weighted by atomic mass is 19.4. The first-order chi connectivity index (χ1) is 14.8. The number of hydrogen-bond acceptors (Lipinski definition) is 5. The maximum absolute atomic E-state index is 12.8. The molecular formula is C22H22F3NO5. The number of carbonyl (C=O) groups excluding carboxylic acids is 1. The van der Waals surface area contributed by atoms with E-state index in [0.29, 0.717) is 0 Å². The molecule has 1 amide bonds. The molecule has 2 aliphatic rings. The predicted octanol–water partition coefficient (Wildman–Crippen LogP) is 3.97. The summed E-state index contributed by atoms with van der Waals surface area (Å²) in [4.78, 5) is 14.3. The van der Waals surface area contributed by atoms with Crippen LogP contribution in [-0.4, -0.2) is 47.8 Å². The fourth-order valence-electron chi connectivity index (χ4n) is 4.35. The highest BCUT2D eigenvalue weighted by Crippen LogP contribution is 2.45. The lowest BCUT2D eigenvalue weighted by Gasteiger charge is -2.51. The second-order valence-corrected chi connectivity index (χ2v) is 7.78. The SMILES string of the molecule is O=C(OCc1ccccc1)N1C2COCC1CC(O)(c1ccccc1OC(F)(F)F)C2. The molecule has 2 saturated heterocycles. The number of para-hydroxylation sites is 1. The summed E-state index contributed by atoms with van der Waals surface area (Å²) in [7, 11) is 0. The van der Waals surface area contributed by atoms with Gasteiger partial charge in [0.15, 0.2) is 0 Å². The van der Waals surface area contributed by atoms with Gasteiger partial charge in [0, 0.05) is 18.4 Å². The van der Waals surface area contributed by atoms with Crippen molar-refractivity contribution >= 4 is 6.09 Å². The van der Waals surface area contributed by atoms with Crippen molar-refractivity contribution in [3.05, 3.63) is 65.7 Å². The molecule has 0 aliphatic carbocycles. The zero-order chi connectivity index (χ0) is 22.1. The lowest BCUT2D eigenvalue weighted by molar-refractivity contribution is -0.275. The van der Waals surface area contributed by atoms with Gasteiger partial charge in [-0.15, -0.1) is 13.2 Å². The number of morpholine rings is 1. The molecule has 4 rings (SSSR count). The quantitative estimate of drug-likeness (QED) is 0.784. The fourth-order valence-corrected chi connectivity index (χ4v) is 4.35. The van der Waals surface area contributed by atoms with Gasteiger partial charge in [-0.3, -0.25) is 4.90 Å². The van der Waals surface area contributed by atoms with Crippen LogP contribution in [0.4, 0.5) is 18.0 Å². The van der Waals surface area contributed by atoms with Crippen molar-refractivity contribution in [3.8, 4) is 5.75 Å². The van der Waals surface area contributed by atoms with Crippen LogP contribution in [0.25, 0.3) is 0 Å². The second-order valence-electron chi connectivity index (χ2n) is 7.78. The Labute approximate surface area is 177 Å². The summed E-state index contributed by atoms with van der Waals surface area (Å²) in [5.41, 5.74) is -0.720. The first kappa shape index (κ1) is 21.5. The molecule has 0 spiro atoms. The number of rotatable bonds is 4. The van der Waals surface area contributed by atoms with Gasteiger partial charge in [0.25, 0.3) is 0 Å². The Morgan fingerprint density at radius 3 is 2.32 bits per heavy atom. The molecule has 2 fully saturated rings. The molecule has 0 aromatic heterocycles. The number of alkyl halides is 3. The Bertz CT molecular complexity index is 907. The number of nitrogens with zero attached hydrogens (tertiary/aromatic N) is 1. The average molecular weight is 437 g/mol. The average Bonchev–Trinajstić information content (AvgIpc) is 2.71. The molecule has 9 heteroatoms. The first-order valence-electron chi connectivity index (χ1n) is 9.89. The highest BCUT2D eigenvalue weighted by Gasteiger charge is 2.50. The van der Waals surface area contributed by atoms with E-state index in [9.17, 15) is 23.1 Å². The summed E-state index contributed by atoms with van der Waals surface area (Å²) >= 11 is 0. The Balaban J connectivity index is 1.52. The molecule has 0 radical (unpaired) electrons. The summed E-state index contributed by atoms with van der Waals surface area (Å²) in [6, 6.07) is 13.7. The van der Waals surface area contributed by atoms with Crippen LogP contribution in [0.3, 0.4) is 0 Å². The van der Waals surface area contributed by atoms with Crippen molar-refractivity contribution < 1.29 is 37.3 Å². The molecule has 1 N–H and O–H groups in total. The minimum Gasteiger partial charge on any atom is -0.445 e. The van der Waals surface area contributed by atoms with Crippen molar-refractivity contribution in [3.63, 3.8) is 0 Å². The lowest BCUT2D eigenvalue weighted by Crippen LogP contribution is -2.62. The maximum atomic E-state index is 12.8. The minimum atomic E-state index is -4.88. The van der Waals surface area contributed by atoms with E-state index in [-0.39, 0.29) is 38.2 Å². The number of piperidine rings is 1. The van der Waals surface area contributed by atoms with E-state index in [1.165, 1.54) is 23.1 Å². The second kappa shape index (κ2) is 8.39. The van der Waals surface area contributed by atoms with Crippen LogP contribution in [0.1, 0.15) is 24.0 Å². The van der Waals surface area contributed by atoms with E-state index in [4.69, 9.17) is 9.47 Å². The van der Waals surface area contributed by atoms with Crippen LogP contribution in [0.2, 0.25) is 0 Å². The van der Waals surface area contributed by atoms with Crippen LogP contribution in [-0.2, 0) is 21.7 Å². The summed E-state index contributed by atoms with van der Waals surface area (Å²) in [5, 5.41) is 11.4. The van der Waals surface area contributed by atoms with E-state index in [1.807, 2.05) is 30.3 Å². The summed E-state index contributed by atoms with van der Waals surface area (Å²) < 4.78 is 53.7. The van der Waals surface area contributed by atoms with Gasteiger partial charge in [0.2, 0.25) is 0 Å². The molecule has 166 valence electrons. The Morgan fingerprint density at radius 1 is 1.06 bits per heavy atom. The number of halogens is 3. The monoisotopic (exact) mass is 437 g/mol. The van der Waals surface area contributed by atoms with Gasteiger partial charge in [-0.25, -0.2) is 4.79 Å². The molecule has 2 heterocycles. The molecule has 2 aliphatic heterocycles. The predicted molar refractivity (Wildman–Crippen MR) is 103 cm³/mol. The molecule has 2 unspecified atom stereocenters. The third-order valence-electron chi connectivity index (χ3n) is 5.58. The molecule has 0 saturated carbocycles. The van der Waals surface area contributed by atoms with E-state index in [0.717, 1.165) is 5.56 Å². The van der Waals surface area contributed by atoms with Gasteiger partial charge in [0.1, 0.15) is 12.4 Å². The van der Waals surface area contributed by atoms with Crippen molar-refractivity contribution in [1.29, 1.82) is 0 Å². The molecule has 31 heavy (non-hydrogen) atoms. The van der Waals surface area contributed by atoms with Gasteiger partial charge < -0.3 is 19.3 Å². The Morgan fingerprint density at radius 2 is 1.68 bits per heavy atom. The van der Waals surface area contributed by atoms with Gasteiger partial charge in [-0.1, -0.05) is 48.5 Å². The maximum Gasteiger partial charge on any atom is 0.573 e. The highest BCUT2D eigenvalue weighted by molar-refractivity contribution is 5.69. The Hall–Kier alpha value is -2.78. The van der Waals surface area contributed by atoms with E-state index >= 15 is 0 Å². The third kappa shape index (κ3) is 4.77. The number of benzene rings is 2. The number of fused-ring (bicyclic) bond motifs is 2. The van der Waals surface area contributed by atoms with Crippen molar-refractivity contribution in [1.82, 2.24) is 4.90 Å². The van der Waals surface area contributed by atoms with Crippen LogP contribution < -0.4 is 4.74 Å². The topological polar surface area (TPSA) is 68.2 Å². The number of hydrogen-bond donors (Lipinski definition) is 1. The smallest absolute Gasteiger partial charge is 0.445 e. The lowest BCUT2D eigenvalue weighted by atomic mass is 9.76. The van der Waals surface area contributed by atoms with Crippen LogP contribution >= 0.6 is 0 Å². The van der Waals surface area contributed by atoms with Gasteiger partial charge >= 0.3 is 12.5 Å². The van der Waals surface area contributed by atoms with Crippen LogP contribution in [0, 0.1) is 0 Å². The Kier molecular flexibility index (Phi) is 5.81. The van der Waals surface area contributed by atoms with E-state index < -0.39 is 35.9 Å². The fraction of sp³-hybridized carbons (Fsp3) is 0.409. The standard InChI is InChI=1S/C22H22F3NO5/c23-22(24,25)31-19-9-5-4-8-18(19)21(28)10-16-13-29-14-17(11-21)26(16)20(27)30-12-15-6-2-1-3-7-15/h1-9,16-17,28H,10-14H2. The van der Waals surface area contributed by atoms with Crippen molar-refractivity contribution in [2.24, 2.45) is 0 Å². The van der Waals surface area contributed by atoms with Crippen molar-refractivity contribution in [2.45, 2.75) is 43.5 Å². The van der Waals surface area contributed by atoms with Gasteiger partial charge in [0.05, 0.1) is 30.9 Å². The van der Waals surface area contributed by atoms with Gasteiger partial charge in [-0.2, -0.15) is 0 Å². The van der Waals surface area contributed by atoms with Gasteiger partial charge in [-0.05, 0) is 11.6 Å². The molecule has 2 atom stereocenters. The number of aliphatic hydroxyl groups is 1. The van der Waals surface area contributed by atoms with Crippen LogP contribution in [0.15, 0.2) is 54.6 Å². The number of carbonyl (C=O) groups is 1. The van der Waals surface area contributed by atoms with E-state index in [1.54, 1.807) is 6.07 Å². The molecule has 2 aromatic carbocycles. The number of ether oxygens (including phenoxy) is 3. The largest absolute Gasteiger partial charge is 0.573 e. The zero-order valence-corrected chi connectivity index (χ0v) is 16.5. The molecule has 6 nitrogen and oxygen atoms in total. The number of amides is 1. The summed E-state index contributed by atoms with van der Waals surface area (Å²) in [6.07, 6.45) is -5.42. The zero-order valence-electron chi connectivity index (χ0n) is 16.5. The first-order valence-corrected chi connectivity index (χ1v) is 9.89. The molecular weight excluding hydrogens is 415 g/mol. The van der Waals surface area contributed by atoms with Crippen LogP contribution in [0.5, 0.6) is 5.75 Å². The summed E-state index contributed by atoms with van der Waals surface area (Å²) in [5.74, 6) is -0.448.